The molecular formula is C40H57NO8. The summed E-state index contributed by atoms with van der Waals surface area (Å²) in [6.45, 7) is 4.31. The van der Waals surface area contributed by atoms with Crippen molar-refractivity contribution in [3.8, 4) is 5.75 Å². The molecule has 3 atom stereocenters. The molecule has 0 aliphatic rings. The van der Waals surface area contributed by atoms with Gasteiger partial charge in [-0.25, -0.2) is 9.59 Å². The largest absolute Gasteiger partial charge is 0.489 e. The molecule has 49 heavy (non-hydrogen) atoms. The van der Waals surface area contributed by atoms with Crippen LogP contribution in [0.2, 0.25) is 0 Å². The topological polar surface area (TPSA) is 139 Å². The third-order valence-electron chi connectivity index (χ3n) is 8.68. The van der Waals surface area contributed by atoms with Crippen LogP contribution in [-0.2, 0) is 36.9 Å². The first-order valence-corrected chi connectivity index (χ1v) is 17.9. The molecule has 2 aromatic carbocycles. The van der Waals surface area contributed by atoms with E-state index in [9.17, 15) is 29.4 Å². The minimum Gasteiger partial charge on any atom is -0.489 e. The van der Waals surface area contributed by atoms with Crippen molar-refractivity contribution in [1.29, 1.82) is 0 Å². The lowest BCUT2D eigenvalue weighted by Crippen LogP contribution is -2.54. The number of rotatable bonds is 26. The van der Waals surface area contributed by atoms with Crippen molar-refractivity contribution in [1.82, 2.24) is 5.32 Å². The zero-order valence-corrected chi connectivity index (χ0v) is 29.7. The predicted molar refractivity (Wildman–Crippen MR) is 191 cm³/mol. The molecule has 0 aliphatic heterocycles. The maximum absolute atomic E-state index is 13.6. The van der Waals surface area contributed by atoms with E-state index < -0.39 is 35.4 Å². The molecule has 0 radical (unpaired) electrons. The van der Waals surface area contributed by atoms with E-state index in [-0.39, 0.29) is 12.8 Å². The molecule has 1 amide bonds. The van der Waals surface area contributed by atoms with Crippen molar-refractivity contribution in [3.05, 3.63) is 77.9 Å². The second-order valence-electron chi connectivity index (χ2n) is 12.7. The standard InChI is InChI=1S/C40H57NO8/c1-4-6-7-10-16-21-33(42)22-17-11-8-9-12-18-23-35(40(47,28-5-2)39(45)46)37(43)41-36(38(44)48-3)29-31-24-26-34(27-25-31)49-30-32-19-14-13-15-20-32/h13-15,18-20,23-27,35-36,47H,4-12,16-17,21-22,28-30H2,1-3H3,(H,41,43)(H,45,46)/t35-,36+,40+/m1/s1. The van der Waals surface area contributed by atoms with Gasteiger partial charge >= 0.3 is 11.9 Å². The van der Waals surface area contributed by atoms with Crippen molar-refractivity contribution in [2.75, 3.05) is 7.11 Å². The number of hydrogen-bond donors (Lipinski definition) is 3. The lowest BCUT2D eigenvalue weighted by Gasteiger charge is -2.30. The fourth-order valence-corrected chi connectivity index (χ4v) is 5.76. The molecule has 0 spiro atoms. The Balaban J connectivity index is 1.98. The van der Waals surface area contributed by atoms with Gasteiger partial charge in [-0.05, 0) is 55.4 Å². The van der Waals surface area contributed by atoms with Gasteiger partial charge in [0.25, 0.3) is 0 Å². The number of unbranched alkanes of at least 4 members (excludes halogenated alkanes) is 8. The fraction of sp³-hybridized carbons (Fsp3) is 0.550. The molecule has 0 aliphatic carbocycles. The van der Waals surface area contributed by atoms with Crippen LogP contribution in [0.3, 0.4) is 0 Å². The van der Waals surface area contributed by atoms with E-state index in [1.807, 2.05) is 30.3 Å². The van der Waals surface area contributed by atoms with Gasteiger partial charge in [-0.1, -0.05) is 113 Å². The van der Waals surface area contributed by atoms with Gasteiger partial charge in [0.15, 0.2) is 5.60 Å². The molecular weight excluding hydrogens is 622 g/mol. The fourth-order valence-electron chi connectivity index (χ4n) is 5.76. The molecule has 0 saturated heterocycles. The lowest BCUT2D eigenvalue weighted by atomic mass is 9.82. The number of ketones is 1. The van der Waals surface area contributed by atoms with Crippen molar-refractivity contribution < 1.29 is 38.9 Å². The zero-order chi connectivity index (χ0) is 35.9. The summed E-state index contributed by atoms with van der Waals surface area (Å²) in [6, 6.07) is 15.8. The van der Waals surface area contributed by atoms with E-state index in [1.165, 1.54) is 32.4 Å². The Hall–Kier alpha value is -3.98. The van der Waals surface area contributed by atoms with E-state index in [1.54, 1.807) is 37.3 Å². The molecule has 0 heterocycles. The van der Waals surface area contributed by atoms with E-state index in [0.717, 1.165) is 49.7 Å². The van der Waals surface area contributed by atoms with Gasteiger partial charge in [-0.2, -0.15) is 0 Å². The first-order chi connectivity index (χ1) is 23.6. The van der Waals surface area contributed by atoms with Crippen molar-refractivity contribution >= 4 is 23.6 Å². The first kappa shape index (κ1) is 41.2. The van der Waals surface area contributed by atoms with Crippen LogP contribution >= 0.6 is 0 Å². The Kier molecular flexibility index (Phi) is 19.7. The second kappa shape index (κ2) is 23.4. The summed E-state index contributed by atoms with van der Waals surface area (Å²) in [7, 11) is 1.22. The van der Waals surface area contributed by atoms with Crippen LogP contribution < -0.4 is 10.1 Å². The highest BCUT2D eigenvalue weighted by Gasteiger charge is 2.46. The number of aliphatic carboxylic acids is 1. The number of aliphatic hydroxyl groups is 1. The molecule has 9 nitrogen and oxygen atoms in total. The summed E-state index contributed by atoms with van der Waals surface area (Å²) in [6.07, 6.45) is 14.4. The number of carbonyl (C=O) groups is 4. The summed E-state index contributed by atoms with van der Waals surface area (Å²) < 4.78 is 10.8. The summed E-state index contributed by atoms with van der Waals surface area (Å²) in [5.41, 5.74) is -0.602. The van der Waals surface area contributed by atoms with Gasteiger partial charge < -0.3 is 25.0 Å². The van der Waals surface area contributed by atoms with E-state index in [2.05, 4.69) is 12.2 Å². The molecule has 9 heteroatoms. The highest BCUT2D eigenvalue weighted by molar-refractivity contribution is 5.92. The summed E-state index contributed by atoms with van der Waals surface area (Å²) in [4.78, 5) is 50.8. The summed E-state index contributed by atoms with van der Waals surface area (Å²) in [5, 5.41) is 23.9. The average Bonchev–Trinajstić information content (AvgIpc) is 3.10. The third kappa shape index (κ3) is 15.4. The number of carboxylic acid groups (broad SMARTS) is 1. The van der Waals surface area contributed by atoms with E-state index >= 15 is 0 Å². The molecule has 270 valence electrons. The van der Waals surface area contributed by atoms with Gasteiger partial charge in [0.1, 0.15) is 24.2 Å². The lowest BCUT2D eigenvalue weighted by molar-refractivity contribution is -0.167. The number of carboxylic acids is 1. The number of hydrogen-bond acceptors (Lipinski definition) is 7. The Bertz CT molecular complexity index is 1290. The van der Waals surface area contributed by atoms with E-state index in [4.69, 9.17) is 9.47 Å². The van der Waals surface area contributed by atoms with Gasteiger partial charge in [0.05, 0.1) is 13.0 Å². The Morgan fingerprint density at radius 3 is 2.04 bits per heavy atom. The summed E-state index contributed by atoms with van der Waals surface area (Å²) in [5.74, 6) is -3.44. The molecule has 0 unspecified atom stereocenters. The van der Waals surface area contributed by atoms with Gasteiger partial charge in [0.2, 0.25) is 5.91 Å². The maximum atomic E-state index is 13.6. The quantitative estimate of drug-likeness (QED) is 0.0527. The number of esters is 1. The highest BCUT2D eigenvalue weighted by atomic mass is 16.5. The minimum absolute atomic E-state index is 0.0917. The number of methoxy groups -OCH3 is 1. The Labute approximate surface area is 292 Å². The van der Waals surface area contributed by atoms with Crippen LogP contribution in [0, 0.1) is 5.92 Å². The summed E-state index contributed by atoms with van der Waals surface area (Å²) >= 11 is 0. The molecule has 0 saturated carbocycles. The Morgan fingerprint density at radius 1 is 0.816 bits per heavy atom. The smallest absolute Gasteiger partial charge is 0.336 e. The Morgan fingerprint density at radius 2 is 1.45 bits per heavy atom. The average molecular weight is 680 g/mol. The number of carbonyl (C=O) groups excluding carboxylic acids is 3. The molecule has 0 aromatic heterocycles. The molecule has 3 N–H and O–H groups in total. The van der Waals surface area contributed by atoms with Crippen molar-refractivity contribution in [2.45, 2.75) is 128 Å². The van der Waals surface area contributed by atoms with Crippen LogP contribution in [0.25, 0.3) is 0 Å². The number of Topliss-reactive ketones (excluding diaryl/α,β-unsaturated/α-hetero) is 1. The van der Waals surface area contributed by atoms with Crippen LogP contribution in [0.5, 0.6) is 5.75 Å². The van der Waals surface area contributed by atoms with Crippen molar-refractivity contribution in [3.63, 3.8) is 0 Å². The predicted octanol–water partition coefficient (Wildman–Crippen LogP) is 7.52. The zero-order valence-electron chi connectivity index (χ0n) is 29.7. The molecule has 2 aromatic rings. The number of benzene rings is 2. The van der Waals surface area contributed by atoms with Crippen LogP contribution in [0.1, 0.15) is 115 Å². The van der Waals surface area contributed by atoms with Crippen LogP contribution in [0.4, 0.5) is 0 Å². The molecule has 0 fully saturated rings. The number of ether oxygens (including phenoxy) is 2. The molecule has 2 rings (SSSR count). The second-order valence-corrected chi connectivity index (χ2v) is 12.7. The van der Waals surface area contributed by atoms with Gasteiger partial charge in [0, 0.05) is 19.3 Å². The molecule has 0 bridgehead atoms. The van der Waals surface area contributed by atoms with E-state index in [0.29, 0.717) is 43.8 Å². The van der Waals surface area contributed by atoms with Gasteiger partial charge in [-0.15, -0.1) is 0 Å². The number of nitrogens with one attached hydrogen (secondary N) is 1. The number of amides is 1. The minimum atomic E-state index is -2.36. The SMILES string of the molecule is CCCCCCCC(=O)CCCCCCC=C[C@H](C(=O)N[C@@H](Cc1ccc(OCc2ccccc2)cc1)C(=O)OC)[C@@](O)(CCC)C(=O)O. The maximum Gasteiger partial charge on any atom is 0.336 e. The third-order valence-corrected chi connectivity index (χ3v) is 8.68. The first-order valence-electron chi connectivity index (χ1n) is 17.9. The highest BCUT2D eigenvalue weighted by Crippen LogP contribution is 2.27. The normalized spacial score (nSPS) is 13.7. The van der Waals surface area contributed by atoms with Gasteiger partial charge in [-0.3, -0.25) is 9.59 Å². The van der Waals surface area contributed by atoms with Crippen LogP contribution in [0.15, 0.2) is 66.7 Å². The van der Waals surface area contributed by atoms with Crippen molar-refractivity contribution in [2.24, 2.45) is 5.92 Å². The monoisotopic (exact) mass is 679 g/mol. The number of allylic oxidation sites excluding steroid dienone is 1. The van der Waals surface area contributed by atoms with Crippen LogP contribution in [-0.4, -0.2) is 52.6 Å².